The van der Waals surface area contributed by atoms with Crippen LogP contribution in [0.25, 0.3) is 0 Å². The Kier molecular flexibility index (Phi) is 5.45. The lowest BCUT2D eigenvalue weighted by Gasteiger charge is -2.13. The van der Waals surface area contributed by atoms with Crippen molar-refractivity contribution in [3.63, 3.8) is 0 Å². The zero-order valence-electron chi connectivity index (χ0n) is 11.0. The van der Waals surface area contributed by atoms with E-state index in [0.717, 1.165) is 6.42 Å². The highest BCUT2D eigenvalue weighted by Gasteiger charge is 2.13. The third-order valence-electron chi connectivity index (χ3n) is 2.56. The second-order valence-electron chi connectivity index (χ2n) is 3.99. The van der Waals surface area contributed by atoms with Crippen LogP contribution < -0.4 is 20.5 Å². The summed E-state index contributed by atoms with van der Waals surface area (Å²) < 4.78 is 10.2. The monoisotopic (exact) mass is 252 g/mol. The summed E-state index contributed by atoms with van der Waals surface area (Å²) in [5.41, 5.74) is 6.36. The molecule has 1 unspecified atom stereocenters. The SMILES string of the molecule is CCCC(N)C(=O)Nc1cc(OC)cc(OC)c1. The molecule has 0 aromatic heterocycles. The topological polar surface area (TPSA) is 73.6 Å². The van der Waals surface area contributed by atoms with E-state index in [0.29, 0.717) is 23.6 Å². The Morgan fingerprint density at radius 3 is 2.28 bits per heavy atom. The van der Waals surface area contributed by atoms with Crippen molar-refractivity contribution in [2.75, 3.05) is 19.5 Å². The molecular formula is C13H20N2O3. The summed E-state index contributed by atoms with van der Waals surface area (Å²) >= 11 is 0. The molecular weight excluding hydrogens is 232 g/mol. The predicted molar refractivity (Wildman–Crippen MR) is 71.1 cm³/mol. The van der Waals surface area contributed by atoms with E-state index < -0.39 is 6.04 Å². The number of nitrogens with two attached hydrogens (primary N) is 1. The summed E-state index contributed by atoms with van der Waals surface area (Å²) in [5.74, 6) is 1.04. The van der Waals surface area contributed by atoms with Crippen LogP contribution in [0, 0.1) is 0 Å². The fourth-order valence-corrected chi connectivity index (χ4v) is 1.56. The van der Waals surface area contributed by atoms with Crippen LogP contribution in [0.2, 0.25) is 0 Å². The Bertz CT molecular complexity index is 385. The largest absolute Gasteiger partial charge is 0.497 e. The number of anilines is 1. The summed E-state index contributed by atoms with van der Waals surface area (Å²) in [4.78, 5) is 11.8. The molecule has 0 heterocycles. The third kappa shape index (κ3) is 3.92. The molecule has 0 bridgehead atoms. The Labute approximate surface area is 107 Å². The van der Waals surface area contributed by atoms with Crippen LogP contribution in [-0.4, -0.2) is 26.2 Å². The molecule has 1 atom stereocenters. The summed E-state index contributed by atoms with van der Waals surface area (Å²) in [7, 11) is 3.12. The maximum absolute atomic E-state index is 11.8. The number of methoxy groups -OCH3 is 2. The normalized spacial score (nSPS) is 11.8. The molecule has 5 heteroatoms. The molecule has 18 heavy (non-hydrogen) atoms. The van der Waals surface area contributed by atoms with Gasteiger partial charge in [-0.05, 0) is 6.42 Å². The summed E-state index contributed by atoms with van der Waals surface area (Å²) in [6.45, 7) is 1.99. The number of amides is 1. The van der Waals surface area contributed by atoms with Crippen molar-refractivity contribution >= 4 is 11.6 Å². The number of nitrogens with one attached hydrogen (secondary N) is 1. The van der Waals surface area contributed by atoms with Crippen LogP contribution in [0.4, 0.5) is 5.69 Å². The third-order valence-corrected chi connectivity index (χ3v) is 2.56. The number of hydrogen-bond acceptors (Lipinski definition) is 4. The molecule has 0 fully saturated rings. The Morgan fingerprint density at radius 2 is 1.83 bits per heavy atom. The van der Waals surface area contributed by atoms with E-state index in [1.807, 2.05) is 6.92 Å². The van der Waals surface area contributed by atoms with E-state index in [1.54, 1.807) is 32.4 Å². The minimum atomic E-state index is -0.493. The number of hydrogen-bond donors (Lipinski definition) is 2. The van der Waals surface area contributed by atoms with Crippen molar-refractivity contribution in [3.05, 3.63) is 18.2 Å². The van der Waals surface area contributed by atoms with Gasteiger partial charge in [0.1, 0.15) is 11.5 Å². The molecule has 100 valence electrons. The van der Waals surface area contributed by atoms with Gasteiger partial charge in [0.25, 0.3) is 0 Å². The van der Waals surface area contributed by atoms with Crippen molar-refractivity contribution in [1.82, 2.24) is 0 Å². The molecule has 0 spiro atoms. The molecule has 3 N–H and O–H groups in total. The lowest BCUT2D eigenvalue weighted by molar-refractivity contribution is -0.117. The van der Waals surface area contributed by atoms with Crippen LogP contribution in [-0.2, 0) is 4.79 Å². The number of carbonyl (C=O) groups excluding carboxylic acids is 1. The Hall–Kier alpha value is -1.75. The van der Waals surface area contributed by atoms with Crippen LogP contribution >= 0.6 is 0 Å². The highest BCUT2D eigenvalue weighted by atomic mass is 16.5. The van der Waals surface area contributed by atoms with Gasteiger partial charge in [-0.1, -0.05) is 13.3 Å². The first-order valence-corrected chi connectivity index (χ1v) is 5.90. The van der Waals surface area contributed by atoms with Gasteiger partial charge in [-0.15, -0.1) is 0 Å². The van der Waals surface area contributed by atoms with Gasteiger partial charge in [-0.25, -0.2) is 0 Å². The minimum Gasteiger partial charge on any atom is -0.497 e. The quantitative estimate of drug-likeness (QED) is 0.809. The van der Waals surface area contributed by atoms with Crippen LogP contribution in [0.5, 0.6) is 11.5 Å². The van der Waals surface area contributed by atoms with Gasteiger partial charge >= 0.3 is 0 Å². The average Bonchev–Trinajstić information content (AvgIpc) is 2.38. The molecule has 0 aliphatic rings. The molecule has 1 rings (SSSR count). The molecule has 1 aromatic rings. The number of carbonyl (C=O) groups is 1. The Balaban J connectivity index is 2.80. The number of ether oxygens (including phenoxy) is 2. The zero-order chi connectivity index (χ0) is 13.5. The van der Waals surface area contributed by atoms with Gasteiger partial charge in [0.05, 0.1) is 20.3 Å². The van der Waals surface area contributed by atoms with E-state index >= 15 is 0 Å². The summed E-state index contributed by atoms with van der Waals surface area (Å²) in [5, 5.41) is 2.75. The van der Waals surface area contributed by atoms with Crippen molar-refractivity contribution in [2.45, 2.75) is 25.8 Å². The van der Waals surface area contributed by atoms with Crippen molar-refractivity contribution in [1.29, 1.82) is 0 Å². The highest BCUT2D eigenvalue weighted by molar-refractivity contribution is 5.95. The van der Waals surface area contributed by atoms with Gasteiger partial charge in [0, 0.05) is 23.9 Å². The van der Waals surface area contributed by atoms with Crippen LogP contribution in [0.3, 0.4) is 0 Å². The molecule has 0 aliphatic carbocycles. The molecule has 1 aromatic carbocycles. The second kappa shape index (κ2) is 6.86. The smallest absolute Gasteiger partial charge is 0.241 e. The lowest BCUT2D eigenvalue weighted by atomic mass is 10.1. The molecule has 0 saturated carbocycles. The molecule has 0 radical (unpaired) electrons. The van der Waals surface area contributed by atoms with Gasteiger partial charge in [0.2, 0.25) is 5.91 Å². The highest BCUT2D eigenvalue weighted by Crippen LogP contribution is 2.25. The lowest BCUT2D eigenvalue weighted by Crippen LogP contribution is -2.35. The summed E-state index contributed by atoms with van der Waals surface area (Å²) in [6.07, 6.45) is 1.53. The number of benzene rings is 1. The fourth-order valence-electron chi connectivity index (χ4n) is 1.56. The first-order chi connectivity index (χ1) is 8.60. The average molecular weight is 252 g/mol. The van der Waals surface area contributed by atoms with E-state index in [9.17, 15) is 4.79 Å². The van der Waals surface area contributed by atoms with Crippen LogP contribution in [0.1, 0.15) is 19.8 Å². The van der Waals surface area contributed by atoms with Crippen molar-refractivity contribution in [3.8, 4) is 11.5 Å². The second-order valence-corrected chi connectivity index (χ2v) is 3.99. The Morgan fingerprint density at radius 1 is 1.28 bits per heavy atom. The van der Waals surface area contributed by atoms with E-state index in [-0.39, 0.29) is 5.91 Å². The van der Waals surface area contributed by atoms with Crippen molar-refractivity contribution in [2.24, 2.45) is 5.73 Å². The first kappa shape index (κ1) is 14.3. The van der Waals surface area contributed by atoms with Crippen LogP contribution in [0.15, 0.2) is 18.2 Å². The summed E-state index contributed by atoms with van der Waals surface area (Å²) in [6, 6.07) is 4.69. The molecule has 1 amide bonds. The van der Waals surface area contributed by atoms with E-state index in [1.165, 1.54) is 0 Å². The van der Waals surface area contributed by atoms with Gasteiger partial charge < -0.3 is 20.5 Å². The fraction of sp³-hybridized carbons (Fsp3) is 0.462. The van der Waals surface area contributed by atoms with Gasteiger partial charge in [-0.3, -0.25) is 4.79 Å². The zero-order valence-corrected chi connectivity index (χ0v) is 11.0. The van der Waals surface area contributed by atoms with Crippen molar-refractivity contribution < 1.29 is 14.3 Å². The standard InChI is InChI=1S/C13H20N2O3/c1-4-5-12(14)13(16)15-9-6-10(17-2)8-11(7-9)18-3/h6-8,12H,4-5,14H2,1-3H3,(H,15,16). The van der Waals surface area contributed by atoms with E-state index in [2.05, 4.69) is 5.32 Å². The minimum absolute atomic E-state index is 0.202. The van der Waals surface area contributed by atoms with E-state index in [4.69, 9.17) is 15.2 Å². The number of rotatable bonds is 6. The maximum atomic E-state index is 11.8. The first-order valence-electron chi connectivity index (χ1n) is 5.90. The molecule has 5 nitrogen and oxygen atoms in total. The molecule has 0 saturated heterocycles. The predicted octanol–water partition coefficient (Wildman–Crippen LogP) is 1.77. The van der Waals surface area contributed by atoms with Gasteiger partial charge in [-0.2, -0.15) is 0 Å². The van der Waals surface area contributed by atoms with Gasteiger partial charge in [0.15, 0.2) is 0 Å². The molecule has 0 aliphatic heterocycles. The maximum Gasteiger partial charge on any atom is 0.241 e.